The molecular weight excluding hydrogens is 372 g/mol. The van der Waals surface area contributed by atoms with Gasteiger partial charge in [0.25, 0.3) is 0 Å². The molecular formula is C18H19BrN2O3. The lowest BCUT2D eigenvalue weighted by atomic mass is 10.2. The molecule has 0 saturated carbocycles. The molecule has 1 amide bonds. The van der Waals surface area contributed by atoms with Gasteiger partial charge < -0.3 is 15.4 Å². The SMILES string of the molecule is COC(=O)c1ccc(NC(=O)CCNc2ccc(Br)c(C)c2)cc1. The Bertz CT molecular complexity index is 730. The number of aryl methyl sites for hydroxylation is 1. The predicted octanol–water partition coefficient (Wildman–Crippen LogP) is 3.98. The lowest BCUT2D eigenvalue weighted by Crippen LogP contribution is -2.16. The highest BCUT2D eigenvalue weighted by Gasteiger charge is 2.06. The van der Waals surface area contributed by atoms with Gasteiger partial charge in [-0.3, -0.25) is 4.79 Å². The topological polar surface area (TPSA) is 67.4 Å². The van der Waals surface area contributed by atoms with Crippen molar-refractivity contribution in [3.05, 3.63) is 58.1 Å². The number of rotatable bonds is 6. The van der Waals surface area contributed by atoms with E-state index in [9.17, 15) is 9.59 Å². The molecule has 0 unspecified atom stereocenters. The highest BCUT2D eigenvalue weighted by atomic mass is 79.9. The van der Waals surface area contributed by atoms with Gasteiger partial charge in [0.15, 0.2) is 0 Å². The molecule has 0 spiro atoms. The summed E-state index contributed by atoms with van der Waals surface area (Å²) >= 11 is 3.46. The number of methoxy groups -OCH3 is 1. The van der Waals surface area contributed by atoms with E-state index in [1.54, 1.807) is 24.3 Å². The second-order valence-electron chi connectivity index (χ2n) is 5.26. The molecule has 0 heterocycles. The first kappa shape index (κ1) is 18.0. The Labute approximate surface area is 149 Å². The number of hydrogen-bond acceptors (Lipinski definition) is 4. The monoisotopic (exact) mass is 390 g/mol. The van der Waals surface area contributed by atoms with Crippen LogP contribution in [-0.2, 0) is 9.53 Å². The van der Waals surface area contributed by atoms with Crippen molar-refractivity contribution in [1.82, 2.24) is 0 Å². The molecule has 0 aliphatic heterocycles. The Morgan fingerprint density at radius 2 is 1.75 bits per heavy atom. The fourth-order valence-electron chi connectivity index (χ4n) is 2.11. The summed E-state index contributed by atoms with van der Waals surface area (Å²) in [5, 5.41) is 6.01. The second kappa shape index (κ2) is 8.49. The molecule has 6 heteroatoms. The highest BCUT2D eigenvalue weighted by molar-refractivity contribution is 9.10. The van der Waals surface area contributed by atoms with Crippen LogP contribution in [-0.4, -0.2) is 25.5 Å². The second-order valence-corrected chi connectivity index (χ2v) is 6.11. The minimum Gasteiger partial charge on any atom is -0.465 e. The van der Waals surface area contributed by atoms with Crippen LogP contribution >= 0.6 is 15.9 Å². The molecule has 0 aromatic heterocycles. The first-order valence-electron chi connectivity index (χ1n) is 7.48. The van der Waals surface area contributed by atoms with Crippen LogP contribution in [0.25, 0.3) is 0 Å². The van der Waals surface area contributed by atoms with Crippen molar-refractivity contribution in [3.63, 3.8) is 0 Å². The number of nitrogens with one attached hydrogen (secondary N) is 2. The van der Waals surface area contributed by atoms with Crippen molar-refractivity contribution in [2.75, 3.05) is 24.3 Å². The number of hydrogen-bond donors (Lipinski definition) is 2. The summed E-state index contributed by atoms with van der Waals surface area (Å²) in [5.41, 5.74) is 3.20. The van der Waals surface area contributed by atoms with Gasteiger partial charge in [0.2, 0.25) is 5.91 Å². The summed E-state index contributed by atoms with van der Waals surface area (Å²) in [5.74, 6) is -0.496. The maximum Gasteiger partial charge on any atom is 0.337 e. The third-order valence-corrected chi connectivity index (χ3v) is 4.32. The van der Waals surface area contributed by atoms with E-state index in [0.717, 1.165) is 15.7 Å². The standard InChI is InChI=1S/C18H19BrN2O3/c1-12-11-15(7-8-16(12)19)20-10-9-17(22)21-14-5-3-13(4-6-14)18(23)24-2/h3-8,11,20H,9-10H2,1-2H3,(H,21,22). The van der Waals surface area contributed by atoms with E-state index in [4.69, 9.17) is 0 Å². The maximum atomic E-state index is 11.9. The van der Waals surface area contributed by atoms with Crippen LogP contribution in [0.2, 0.25) is 0 Å². The zero-order valence-electron chi connectivity index (χ0n) is 13.6. The Kier molecular flexibility index (Phi) is 6.37. The van der Waals surface area contributed by atoms with Gasteiger partial charge in [0, 0.05) is 28.8 Å². The molecule has 2 N–H and O–H groups in total. The van der Waals surface area contributed by atoms with Crippen LogP contribution in [0.4, 0.5) is 11.4 Å². The van der Waals surface area contributed by atoms with Gasteiger partial charge in [-0.15, -0.1) is 0 Å². The lowest BCUT2D eigenvalue weighted by molar-refractivity contribution is -0.115. The highest BCUT2D eigenvalue weighted by Crippen LogP contribution is 2.20. The Morgan fingerprint density at radius 1 is 1.08 bits per heavy atom. The summed E-state index contributed by atoms with van der Waals surface area (Å²) in [6.07, 6.45) is 0.341. The molecule has 5 nitrogen and oxygen atoms in total. The number of halogens is 1. The molecule has 0 radical (unpaired) electrons. The number of benzene rings is 2. The minimum absolute atomic E-state index is 0.0952. The fraction of sp³-hybridized carbons (Fsp3) is 0.222. The first-order valence-corrected chi connectivity index (χ1v) is 8.27. The minimum atomic E-state index is -0.401. The normalized spacial score (nSPS) is 10.1. The largest absolute Gasteiger partial charge is 0.465 e. The molecule has 0 aliphatic rings. The summed E-state index contributed by atoms with van der Waals surface area (Å²) in [6.45, 7) is 2.55. The average molecular weight is 391 g/mol. The number of ether oxygens (including phenoxy) is 1. The molecule has 0 fully saturated rings. The molecule has 0 aliphatic carbocycles. The van der Waals surface area contributed by atoms with E-state index in [-0.39, 0.29) is 5.91 Å². The van der Waals surface area contributed by atoms with Crippen LogP contribution in [0, 0.1) is 6.92 Å². The molecule has 0 atom stereocenters. The average Bonchev–Trinajstić information content (AvgIpc) is 2.58. The summed E-state index contributed by atoms with van der Waals surface area (Å²) < 4.78 is 5.69. The van der Waals surface area contributed by atoms with Gasteiger partial charge in [-0.05, 0) is 55.0 Å². The fourth-order valence-corrected chi connectivity index (χ4v) is 2.35. The van der Waals surface area contributed by atoms with E-state index < -0.39 is 5.97 Å². The zero-order valence-corrected chi connectivity index (χ0v) is 15.1. The predicted molar refractivity (Wildman–Crippen MR) is 98.4 cm³/mol. The van der Waals surface area contributed by atoms with Crippen molar-refractivity contribution in [2.24, 2.45) is 0 Å². The van der Waals surface area contributed by atoms with Crippen LogP contribution in [0.3, 0.4) is 0 Å². The lowest BCUT2D eigenvalue weighted by Gasteiger charge is -2.09. The number of carbonyl (C=O) groups excluding carboxylic acids is 2. The number of anilines is 2. The van der Waals surface area contributed by atoms with Crippen LogP contribution < -0.4 is 10.6 Å². The molecule has 2 aromatic rings. The number of carbonyl (C=O) groups is 2. The maximum absolute atomic E-state index is 11.9. The van der Waals surface area contributed by atoms with Crippen molar-refractivity contribution in [1.29, 1.82) is 0 Å². The van der Waals surface area contributed by atoms with Crippen LogP contribution in [0.15, 0.2) is 46.9 Å². The van der Waals surface area contributed by atoms with E-state index in [1.165, 1.54) is 7.11 Å². The molecule has 2 aromatic carbocycles. The van der Waals surface area contributed by atoms with Crippen molar-refractivity contribution in [3.8, 4) is 0 Å². The van der Waals surface area contributed by atoms with E-state index in [2.05, 4.69) is 31.3 Å². The smallest absolute Gasteiger partial charge is 0.337 e. The molecule has 0 bridgehead atoms. The van der Waals surface area contributed by atoms with Crippen molar-refractivity contribution >= 4 is 39.2 Å². The number of amides is 1. The van der Waals surface area contributed by atoms with E-state index in [1.807, 2.05) is 25.1 Å². The third kappa shape index (κ3) is 5.09. The summed E-state index contributed by atoms with van der Waals surface area (Å²) in [4.78, 5) is 23.3. The van der Waals surface area contributed by atoms with E-state index >= 15 is 0 Å². The summed E-state index contributed by atoms with van der Waals surface area (Å²) in [7, 11) is 1.33. The van der Waals surface area contributed by atoms with Gasteiger partial charge in [0.05, 0.1) is 12.7 Å². The van der Waals surface area contributed by atoms with E-state index in [0.29, 0.717) is 24.2 Å². The zero-order chi connectivity index (χ0) is 17.5. The molecule has 24 heavy (non-hydrogen) atoms. The quantitative estimate of drug-likeness (QED) is 0.731. The Hall–Kier alpha value is -2.34. The first-order chi connectivity index (χ1) is 11.5. The molecule has 2 rings (SSSR count). The van der Waals surface area contributed by atoms with Crippen molar-refractivity contribution < 1.29 is 14.3 Å². The van der Waals surface area contributed by atoms with Gasteiger partial charge >= 0.3 is 5.97 Å². The van der Waals surface area contributed by atoms with Gasteiger partial charge in [-0.25, -0.2) is 4.79 Å². The Morgan fingerprint density at radius 3 is 2.38 bits per heavy atom. The van der Waals surface area contributed by atoms with Crippen molar-refractivity contribution in [2.45, 2.75) is 13.3 Å². The van der Waals surface area contributed by atoms with Crippen LogP contribution in [0.1, 0.15) is 22.3 Å². The third-order valence-electron chi connectivity index (χ3n) is 3.43. The molecule has 126 valence electrons. The Balaban J connectivity index is 1.80. The van der Waals surface area contributed by atoms with Gasteiger partial charge in [-0.1, -0.05) is 15.9 Å². The van der Waals surface area contributed by atoms with Gasteiger partial charge in [0.1, 0.15) is 0 Å². The summed E-state index contributed by atoms with van der Waals surface area (Å²) in [6, 6.07) is 12.5. The number of esters is 1. The van der Waals surface area contributed by atoms with Gasteiger partial charge in [-0.2, -0.15) is 0 Å². The van der Waals surface area contributed by atoms with Crippen LogP contribution in [0.5, 0.6) is 0 Å². The molecule has 0 saturated heterocycles.